The summed E-state index contributed by atoms with van der Waals surface area (Å²) in [6, 6.07) is 6.91. The largest absolute Gasteiger partial charge is 0.362 e. The van der Waals surface area contributed by atoms with E-state index in [0.29, 0.717) is 10.7 Å². The van der Waals surface area contributed by atoms with Gasteiger partial charge in [-0.1, -0.05) is 35.9 Å². The Morgan fingerprint density at radius 1 is 1.25 bits per heavy atom. The number of amides is 2. The summed E-state index contributed by atoms with van der Waals surface area (Å²) < 4.78 is 5.77. The van der Waals surface area contributed by atoms with Crippen molar-refractivity contribution in [3.05, 3.63) is 41.4 Å². The molecule has 2 saturated heterocycles. The summed E-state index contributed by atoms with van der Waals surface area (Å²) in [5.74, 6) is -1.30. The van der Waals surface area contributed by atoms with Gasteiger partial charge in [0, 0.05) is 0 Å². The standard InChI is InChI=1S/C15H12ClNO3/c1-15-7-6-10(20-15)11-12(15)14(19)17(13(11)18)9-5-3-2-4-8(9)16/h2-7,10-12H,1H3/t10-,11-,12+,15-/m0/s1. The number of carbonyl (C=O) groups is 2. The van der Waals surface area contributed by atoms with Gasteiger partial charge in [-0.2, -0.15) is 0 Å². The van der Waals surface area contributed by atoms with Crippen LogP contribution in [0, 0.1) is 11.8 Å². The van der Waals surface area contributed by atoms with Gasteiger partial charge in [-0.3, -0.25) is 9.59 Å². The highest BCUT2D eigenvalue weighted by Gasteiger charge is 2.66. The SMILES string of the molecule is C[C@@]12C=C[C@H](O1)[C@@H]1C(=O)N(c3ccccc3Cl)C(=O)[C@@H]12. The number of hydrogen-bond donors (Lipinski definition) is 0. The molecule has 0 saturated carbocycles. The first-order valence-corrected chi connectivity index (χ1v) is 6.90. The lowest BCUT2D eigenvalue weighted by molar-refractivity contribution is -0.126. The van der Waals surface area contributed by atoms with Gasteiger partial charge in [0.2, 0.25) is 11.8 Å². The number of anilines is 1. The predicted molar refractivity (Wildman–Crippen MR) is 73.3 cm³/mol. The molecule has 20 heavy (non-hydrogen) atoms. The quantitative estimate of drug-likeness (QED) is 0.588. The molecule has 0 N–H and O–H groups in total. The predicted octanol–water partition coefficient (Wildman–Crippen LogP) is 2.17. The minimum atomic E-state index is -0.669. The van der Waals surface area contributed by atoms with Crippen molar-refractivity contribution >= 4 is 29.1 Å². The topological polar surface area (TPSA) is 46.6 Å². The third-order valence-electron chi connectivity index (χ3n) is 4.42. The average Bonchev–Trinajstić information content (AvgIpc) is 3.01. The summed E-state index contributed by atoms with van der Waals surface area (Å²) in [6.07, 6.45) is 3.47. The molecular weight excluding hydrogens is 278 g/mol. The normalized spacial score (nSPS) is 37.9. The van der Waals surface area contributed by atoms with Gasteiger partial charge in [0.15, 0.2) is 0 Å². The van der Waals surface area contributed by atoms with Crippen LogP contribution in [0.2, 0.25) is 5.02 Å². The van der Waals surface area contributed by atoms with Gasteiger partial charge in [-0.25, -0.2) is 4.90 Å². The molecule has 3 heterocycles. The van der Waals surface area contributed by atoms with Crippen molar-refractivity contribution in [2.75, 3.05) is 4.90 Å². The van der Waals surface area contributed by atoms with E-state index in [0.717, 1.165) is 0 Å². The highest BCUT2D eigenvalue weighted by atomic mass is 35.5. The number of fused-ring (bicyclic) bond motifs is 5. The Morgan fingerprint density at radius 3 is 2.70 bits per heavy atom. The number of imide groups is 1. The molecule has 2 amide bonds. The van der Waals surface area contributed by atoms with E-state index in [9.17, 15) is 9.59 Å². The highest BCUT2D eigenvalue weighted by Crippen LogP contribution is 2.52. The van der Waals surface area contributed by atoms with Gasteiger partial charge < -0.3 is 4.74 Å². The van der Waals surface area contributed by atoms with Crippen LogP contribution in [0.3, 0.4) is 0 Å². The van der Waals surface area contributed by atoms with Gasteiger partial charge in [0.1, 0.15) is 0 Å². The van der Waals surface area contributed by atoms with E-state index in [-0.39, 0.29) is 17.9 Å². The third-order valence-corrected chi connectivity index (χ3v) is 4.74. The lowest BCUT2D eigenvalue weighted by Crippen LogP contribution is -2.38. The van der Waals surface area contributed by atoms with Crippen LogP contribution in [-0.2, 0) is 14.3 Å². The van der Waals surface area contributed by atoms with E-state index in [1.54, 1.807) is 24.3 Å². The maximum atomic E-state index is 12.7. The molecule has 1 aromatic rings. The van der Waals surface area contributed by atoms with Crippen LogP contribution in [0.15, 0.2) is 36.4 Å². The van der Waals surface area contributed by atoms with Crippen LogP contribution in [0.1, 0.15) is 6.92 Å². The lowest BCUT2D eigenvalue weighted by Gasteiger charge is -2.24. The molecule has 102 valence electrons. The second kappa shape index (κ2) is 3.71. The molecule has 3 aliphatic heterocycles. The molecule has 3 aliphatic rings. The second-order valence-electron chi connectivity index (χ2n) is 5.59. The Labute approximate surface area is 121 Å². The smallest absolute Gasteiger partial charge is 0.241 e. The first-order chi connectivity index (χ1) is 9.53. The van der Waals surface area contributed by atoms with Crippen molar-refractivity contribution < 1.29 is 14.3 Å². The summed E-state index contributed by atoms with van der Waals surface area (Å²) >= 11 is 6.12. The Morgan fingerprint density at radius 2 is 2.00 bits per heavy atom. The van der Waals surface area contributed by atoms with Crippen molar-refractivity contribution in [1.29, 1.82) is 0 Å². The number of benzene rings is 1. The number of rotatable bonds is 1. The van der Waals surface area contributed by atoms with E-state index in [1.807, 2.05) is 19.1 Å². The zero-order valence-electron chi connectivity index (χ0n) is 10.7. The third kappa shape index (κ3) is 1.30. The Balaban J connectivity index is 1.82. The molecule has 4 atom stereocenters. The molecular formula is C15H12ClNO3. The Kier molecular flexibility index (Phi) is 2.25. The van der Waals surface area contributed by atoms with Crippen molar-refractivity contribution in [3.8, 4) is 0 Å². The number of hydrogen-bond acceptors (Lipinski definition) is 3. The van der Waals surface area contributed by atoms with Crippen molar-refractivity contribution in [1.82, 2.24) is 0 Å². The molecule has 5 heteroatoms. The fourth-order valence-corrected chi connectivity index (χ4v) is 3.74. The van der Waals surface area contributed by atoms with E-state index in [1.165, 1.54) is 4.90 Å². The zero-order chi connectivity index (χ0) is 14.1. The van der Waals surface area contributed by atoms with Crippen LogP contribution in [0.5, 0.6) is 0 Å². The van der Waals surface area contributed by atoms with Crippen molar-refractivity contribution in [3.63, 3.8) is 0 Å². The first kappa shape index (κ1) is 12.1. The fraction of sp³-hybridized carbons (Fsp3) is 0.333. The molecule has 0 unspecified atom stereocenters. The number of carbonyl (C=O) groups excluding carboxylic acids is 2. The lowest BCUT2D eigenvalue weighted by atomic mass is 9.78. The summed E-state index contributed by atoms with van der Waals surface area (Å²) in [5, 5.41) is 0.403. The fourth-order valence-electron chi connectivity index (χ4n) is 3.52. The number of halogens is 1. The van der Waals surface area contributed by atoms with Gasteiger partial charge in [0.05, 0.1) is 34.3 Å². The van der Waals surface area contributed by atoms with E-state index in [2.05, 4.69) is 0 Å². The monoisotopic (exact) mass is 289 g/mol. The van der Waals surface area contributed by atoms with Crippen molar-refractivity contribution in [2.24, 2.45) is 11.8 Å². The Bertz CT molecular complexity index is 671. The molecule has 2 bridgehead atoms. The number of nitrogens with zero attached hydrogens (tertiary/aromatic N) is 1. The van der Waals surface area contributed by atoms with Gasteiger partial charge in [-0.15, -0.1) is 0 Å². The molecule has 0 aliphatic carbocycles. The average molecular weight is 290 g/mol. The van der Waals surface area contributed by atoms with E-state index in [4.69, 9.17) is 16.3 Å². The summed E-state index contributed by atoms with van der Waals surface area (Å²) in [4.78, 5) is 26.5. The molecule has 0 aromatic heterocycles. The van der Waals surface area contributed by atoms with Crippen LogP contribution >= 0.6 is 11.6 Å². The Hall–Kier alpha value is -1.65. The van der Waals surface area contributed by atoms with Gasteiger partial charge in [-0.05, 0) is 19.1 Å². The molecule has 0 radical (unpaired) electrons. The molecule has 0 spiro atoms. The molecule has 1 aromatic carbocycles. The second-order valence-corrected chi connectivity index (χ2v) is 6.00. The number of ether oxygens (including phenoxy) is 1. The van der Waals surface area contributed by atoms with Crippen LogP contribution in [0.4, 0.5) is 5.69 Å². The van der Waals surface area contributed by atoms with Crippen LogP contribution < -0.4 is 4.90 Å². The van der Waals surface area contributed by atoms with E-state index >= 15 is 0 Å². The van der Waals surface area contributed by atoms with Crippen LogP contribution in [-0.4, -0.2) is 23.5 Å². The van der Waals surface area contributed by atoms with E-state index < -0.39 is 17.4 Å². The zero-order valence-corrected chi connectivity index (χ0v) is 11.5. The maximum absolute atomic E-state index is 12.7. The van der Waals surface area contributed by atoms with Crippen LogP contribution in [0.25, 0.3) is 0 Å². The first-order valence-electron chi connectivity index (χ1n) is 6.52. The maximum Gasteiger partial charge on any atom is 0.241 e. The molecule has 2 fully saturated rings. The van der Waals surface area contributed by atoms with Gasteiger partial charge >= 0.3 is 0 Å². The summed E-state index contributed by atoms with van der Waals surface area (Å²) in [5.41, 5.74) is -0.209. The minimum Gasteiger partial charge on any atom is -0.362 e. The highest BCUT2D eigenvalue weighted by molar-refractivity contribution is 6.36. The van der Waals surface area contributed by atoms with Gasteiger partial charge in [0.25, 0.3) is 0 Å². The summed E-state index contributed by atoms with van der Waals surface area (Å²) in [7, 11) is 0. The number of para-hydroxylation sites is 1. The molecule has 4 nitrogen and oxygen atoms in total. The van der Waals surface area contributed by atoms with Crippen molar-refractivity contribution in [2.45, 2.75) is 18.6 Å². The summed E-state index contributed by atoms with van der Waals surface area (Å²) in [6.45, 7) is 1.86. The molecule has 4 rings (SSSR count). The minimum absolute atomic E-state index is 0.217.